The lowest BCUT2D eigenvalue weighted by Crippen LogP contribution is -2.08. The Morgan fingerprint density at radius 2 is 2.12 bits per heavy atom. The van der Waals surface area contributed by atoms with Crippen LogP contribution in [0, 0.1) is 5.92 Å². The van der Waals surface area contributed by atoms with Crippen molar-refractivity contribution in [3.05, 3.63) is 29.8 Å². The fourth-order valence-electron chi connectivity index (χ4n) is 1.79. The quantitative estimate of drug-likeness (QED) is 0.698. The zero-order chi connectivity index (χ0) is 12.3. The average Bonchev–Trinajstić information content (AvgIpc) is 3.10. The van der Waals surface area contributed by atoms with E-state index in [1.165, 1.54) is 24.8 Å². The van der Waals surface area contributed by atoms with Crippen LogP contribution in [0.4, 0.5) is 0 Å². The summed E-state index contributed by atoms with van der Waals surface area (Å²) in [6.45, 7) is 4.51. The molecule has 0 spiro atoms. The molecule has 0 saturated heterocycles. The van der Waals surface area contributed by atoms with Gasteiger partial charge in [-0.25, -0.2) is 0 Å². The zero-order valence-corrected chi connectivity index (χ0v) is 12.2. The fourth-order valence-corrected chi connectivity index (χ4v) is 2.02. The van der Waals surface area contributed by atoms with E-state index in [0.717, 1.165) is 12.2 Å². The summed E-state index contributed by atoms with van der Waals surface area (Å²) in [4.78, 5) is 0.607. The van der Waals surface area contributed by atoms with E-state index < -0.39 is 0 Å². The molecular weight excluding hydrogens is 276 g/mol. The Kier molecular flexibility index (Phi) is 4.49. The zero-order valence-electron chi connectivity index (χ0n) is 10.7. The van der Waals surface area contributed by atoms with Gasteiger partial charge in [-0.3, -0.25) is 0 Å². The number of aryl methyl sites for hydroxylation is 1. The van der Waals surface area contributed by atoms with Crippen molar-refractivity contribution in [1.29, 1.82) is 0 Å². The molecule has 0 aliphatic heterocycles. The van der Waals surface area contributed by atoms with Gasteiger partial charge in [0.25, 0.3) is 0 Å². The summed E-state index contributed by atoms with van der Waals surface area (Å²) in [7, 11) is 0. The minimum Gasteiger partial charge on any atom is -0.490 e. The van der Waals surface area contributed by atoms with Gasteiger partial charge in [0.1, 0.15) is 5.75 Å². The van der Waals surface area contributed by atoms with Gasteiger partial charge in [0.2, 0.25) is 0 Å². The maximum Gasteiger partial charge on any atom is 0.119 e. The van der Waals surface area contributed by atoms with Gasteiger partial charge >= 0.3 is 0 Å². The predicted molar refractivity (Wildman–Crippen MR) is 76.0 cm³/mol. The van der Waals surface area contributed by atoms with E-state index in [4.69, 9.17) is 4.74 Å². The maximum atomic E-state index is 5.81. The minimum absolute atomic E-state index is 0.491. The van der Waals surface area contributed by atoms with Crippen molar-refractivity contribution < 1.29 is 4.74 Å². The maximum absolute atomic E-state index is 5.81. The molecule has 0 radical (unpaired) electrons. The second kappa shape index (κ2) is 5.90. The highest BCUT2D eigenvalue weighted by Gasteiger charge is 2.23. The first-order chi connectivity index (χ1) is 8.15. The van der Waals surface area contributed by atoms with E-state index in [0.29, 0.717) is 16.8 Å². The largest absolute Gasteiger partial charge is 0.490 e. The predicted octanol–water partition coefficient (Wildman–Crippen LogP) is 4.58. The number of hydrogen-bond acceptors (Lipinski definition) is 1. The van der Waals surface area contributed by atoms with E-state index in [1.807, 2.05) is 0 Å². The lowest BCUT2D eigenvalue weighted by molar-refractivity contribution is 0.303. The van der Waals surface area contributed by atoms with Crippen LogP contribution in [0.1, 0.15) is 38.7 Å². The van der Waals surface area contributed by atoms with Crippen molar-refractivity contribution in [2.75, 3.05) is 0 Å². The van der Waals surface area contributed by atoms with Gasteiger partial charge in [-0.15, -0.1) is 0 Å². The third-order valence-corrected chi connectivity index (χ3v) is 4.67. The molecule has 1 fully saturated rings. The van der Waals surface area contributed by atoms with Gasteiger partial charge in [0.15, 0.2) is 0 Å². The summed E-state index contributed by atoms with van der Waals surface area (Å²) in [5, 5.41) is 0. The topological polar surface area (TPSA) is 9.23 Å². The van der Waals surface area contributed by atoms with Crippen molar-refractivity contribution >= 4 is 15.9 Å². The fraction of sp³-hybridized carbons (Fsp3) is 0.600. The van der Waals surface area contributed by atoms with Crippen LogP contribution >= 0.6 is 15.9 Å². The van der Waals surface area contributed by atoms with E-state index in [2.05, 4.69) is 54.0 Å². The molecule has 94 valence electrons. The van der Waals surface area contributed by atoms with Crippen molar-refractivity contribution in [3.8, 4) is 5.75 Å². The van der Waals surface area contributed by atoms with Crippen LogP contribution in [-0.2, 0) is 6.42 Å². The summed E-state index contributed by atoms with van der Waals surface area (Å²) in [6.07, 6.45) is 5.24. The number of hydrogen-bond donors (Lipinski definition) is 0. The van der Waals surface area contributed by atoms with Crippen LogP contribution in [0.25, 0.3) is 0 Å². The van der Waals surface area contributed by atoms with Crippen molar-refractivity contribution in [2.24, 2.45) is 5.92 Å². The van der Waals surface area contributed by atoms with Crippen molar-refractivity contribution in [2.45, 2.75) is 50.5 Å². The van der Waals surface area contributed by atoms with Gasteiger partial charge in [-0.1, -0.05) is 41.9 Å². The van der Waals surface area contributed by atoms with Crippen LogP contribution < -0.4 is 4.74 Å². The molecule has 17 heavy (non-hydrogen) atoms. The molecule has 0 heterocycles. The molecule has 1 unspecified atom stereocenters. The first-order valence-electron chi connectivity index (χ1n) is 6.55. The summed E-state index contributed by atoms with van der Waals surface area (Å²) in [6, 6.07) is 8.56. The number of ether oxygens (including phenoxy) is 1. The van der Waals surface area contributed by atoms with E-state index in [-0.39, 0.29) is 0 Å². The Bertz CT molecular complexity index is 358. The Hall–Kier alpha value is -0.500. The monoisotopic (exact) mass is 296 g/mol. The van der Waals surface area contributed by atoms with Crippen LogP contribution in [0.2, 0.25) is 0 Å². The van der Waals surface area contributed by atoms with Crippen LogP contribution in [-0.4, -0.2) is 10.9 Å². The highest BCUT2D eigenvalue weighted by molar-refractivity contribution is 9.09. The molecule has 1 aliphatic rings. The van der Waals surface area contributed by atoms with Crippen LogP contribution in [0.15, 0.2) is 24.3 Å². The standard InChI is InChI=1S/C15H21BrO/c1-11(2)15(16)9-6-12-4-3-5-14(10-12)17-13-7-8-13/h3-5,10-11,13,15H,6-9H2,1-2H3. The molecule has 1 aliphatic carbocycles. The smallest absolute Gasteiger partial charge is 0.119 e. The van der Waals surface area contributed by atoms with Gasteiger partial charge < -0.3 is 4.74 Å². The minimum atomic E-state index is 0.491. The molecule has 1 aromatic carbocycles. The Balaban J connectivity index is 1.86. The SMILES string of the molecule is CC(C)C(Br)CCc1cccc(OC2CC2)c1. The summed E-state index contributed by atoms with van der Waals surface area (Å²) < 4.78 is 5.81. The van der Waals surface area contributed by atoms with Crippen molar-refractivity contribution in [1.82, 2.24) is 0 Å². The van der Waals surface area contributed by atoms with E-state index >= 15 is 0 Å². The summed E-state index contributed by atoms with van der Waals surface area (Å²) >= 11 is 3.74. The molecule has 1 aromatic rings. The number of alkyl halides is 1. The highest BCUT2D eigenvalue weighted by atomic mass is 79.9. The molecule has 1 atom stereocenters. The number of rotatable bonds is 6. The van der Waals surface area contributed by atoms with Crippen LogP contribution in [0.5, 0.6) is 5.75 Å². The van der Waals surface area contributed by atoms with Gasteiger partial charge in [-0.2, -0.15) is 0 Å². The lowest BCUT2D eigenvalue weighted by Gasteiger charge is -2.13. The summed E-state index contributed by atoms with van der Waals surface area (Å²) in [5.74, 6) is 1.74. The molecule has 1 saturated carbocycles. The number of benzene rings is 1. The normalized spacial score (nSPS) is 17.2. The second-order valence-corrected chi connectivity index (χ2v) is 6.44. The highest BCUT2D eigenvalue weighted by Crippen LogP contribution is 2.27. The first-order valence-corrected chi connectivity index (χ1v) is 7.46. The Morgan fingerprint density at radius 1 is 1.35 bits per heavy atom. The number of halogens is 1. The first kappa shape index (κ1) is 12.9. The molecular formula is C15H21BrO. The second-order valence-electron chi connectivity index (χ2n) is 5.26. The molecule has 2 heteroatoms. The lowest BCUT2D eigenvalue weighted by atomic mass is 10.0. The third kappa shape index (κ3) is 4.34. The van der Waals surface area contributed by atoms with Crippen molar-refractivity contribution in [3.63, 3.8) is 0 Å². The van der Waals surface area contributed by atoms with Crippen LogP contribution in [0.3, 0.4) is 0 Å². The van der Waals surface area contributed by atoms with Gasteiger partial charge in [0.05, 0.1) is 6.10 Å². The van der Waals surface area contributed by atoms with E-state index in [1.54, 1.807) is 0 Å². The molecule has 0 N–H and O–H groups in total. The molecule has 0 amide bonds. The molecule has 2 rings (SSSR count). The summed E-state index contributed by atoms with van der Waals surface area (Å²) in [5.41, 5.74) is 1.38. The molecule has 0 aromatic heterocycles. The average molecular weight is 297 g/mol. The van der Waals surface area contributed by atoms with Gasteiger partial charge in [0, 0.05) is 4.83 Å². The molecule has 0 bridgehead atoms. The Labute approximate surface area is 113 Å². The molecule has 1 nitrogen and oxygen atoms in total. The van der Waals surface area contributed by atoms with E-state index in [9.17, 15) is 0 Å². The Morgan fingerprint density at radius 3 is 2.76 bits per heavy atom. The third-order valence-electron chi connectivity index (χ3n) is 3.16. The van der Waals surface area contributed by atoms with Gasteiger partial charge in [-0.05, 0) is 49.3 Å².